The van der Waals surface area contributed by atoms with Crippen molar-refractivity contribution < 1.29 is 24.2 Å². The molecule has 0 aromatic heterocycles. The first kappa shape index (κ1) is 22.1. The van der Waals surface area contributed by atoms with Gasteiger partial charge in [0.05, 0.1) is 16.9 Å². The van der Waals surface area contributed by atoms with Crippen molar-refractivity contribution in [2.24, 2.45) is 10.8 Å². The van der Waals surface area contributed by atoms with Gasteiger partial charge in [0.1, 0.15) is 0 Å². The number of esters is 2. The third-order valence-electron chi connectivity index (χ3n) is 3.52. The smallest absolute Gasteiger partial charge is 0.316 e. The molecule has 0 bridgehead atoms. The monoisotopic (exact) mass is 365 g/mol. The van der Waals surface area contributed by atoms with Crippen LogP contribution in [0.2, 0.25) is 0 Å². The minimum atomic E-state index is -0.760. The van der Waals surface area contributed by atoms with Gasteiger partial charge in [0.25, 0.3) is 0 Å². The van der Waals surface area contributed by atoms with Gasteiger partial charge in [-0.2, -0.15) is 0 Å². The van der Waals surface area contributed by atoms with Gasteiger partial charge in [0.15, 0.2) is 11.5 Å². The van der Waals surface area contributed by atoms with E-state index in [1.807, 2.05) is 19.0 Å². The number of benzene rings is 1. The van der Waals surface area contributed by atoms with Gasteiger partial charge in [-0.1, -0.05) is 6.07 Å². The fourth-order valence-corrected chi connectivity index (χ4v) is 1.85. The highest BCUT2D eigenvalue weighted by molar-refractivity contribution is 5.81. The van der Waals surface area contributed by atoms with Gasteiger partial charge in [0, 0.05) is 6.54 Å². The Morgan fingerprint density at radius 3 is 1.85 bits per heavy atom. The van der Waals surface area contributed by atoms with Gasteiger partial charge >= 0.3 is 11.9 Å². The van der Waals surface area contributed by atoms with Crippen molar-refractivity contribution in [3.05, 3.63) is 23.8 Å². The Morgan fingerprint density at radius 1 is 0.962 bits per heavy atom. The van der Waals surface area contributed by atoms with E-state index in [1.165, 1.54) is 0 Å². The maximum Gasteiger partial charge on any atom is 0.316 e. The highest BCUT2D eigenvalue weighted by Crippen LogP contribution is 2.34. The number of nitrogens with zero attached hydrogens (tertiary/aromatic N) is 1. The maximum atomic E-state index is 12.3. The normalized spacial score (nSPS) is 13.5. The Morgan fingerprint density at radius 2 is 1.42 bits per heavy atom. The second kappa shape index (κ2) is 8.18. The first-order valence-electron chi connectivity index (χ1n) is 8.63. The van der Waals surface area contributed by atoms with Gasteiger partial charge in [-0.25, -0.2) is 0 Å². The molecule has 0 aliphatic carbocycles. The van der Waals surface area contributed by atoms with E-state index in [9.17, 15) is 14.7 Å². The van der Waals surface area contributed by atoms with Crippen LogP contribution in [0.3, 0.4) is 0 Å². The summed E-state index contributed by atoms with van der Waals surface area (Å²) in [6.07, 6.45) is -0.760. The molecule has 0 unspecified atom stereocenters. The molecule has 1 rings (SSSR count). The second-order valence-electron chi connectivity index (χ2n) is 8.76. The van der Waals surface area contributed by atoms with Crippen LogP contribution in [0.4, 0.5) is 0 Å². The van der Waals surface area contributed by atoms with Crippen LogP contribution < -0.4 is 9.47 Å². The fraction of sp³-hybridized carbons (Fsp3) is 0.600. The Kier molecular flexibility index (Phi) is 6.96. The molecule has 0 radical (unpaired) electrons. The summed E-state index contributed by atoms with van der Waals surface area (Å²) in [6.45, 7) is 10.8. The lowest BCUT2D eigenvalue weighted by atomic mass is 9.97. The van der Waals surface area contributed by atoms with Crippen molar-refractivity contribution in [2.45, 2.75) is 47.6 Å². The fourth-order valence-electron chi connectivity index (χ4n) is 1.85. The zero-order valence-electron chi connectivity index (χ0n) is 17.0. The molecule has 6 nitrogen and oxygen atoms in total. The molecule has 1 aromatic rings. The van der Waals surface area contributed by atoms with Crippen LogP contribution in [0.15, 0.2) is 18.2 Å². The number of likely N-dealkylation sites (N-methyl/N-ethyl adjacent to an activating group) is 1. The first-order chi connectivity index (χ1) is 11.7. The predicted molar refractivity (Wildman–Crippen MR) is 100 cm³/mol. The number of ether oxygens (including phenoxy) is 2. The lowest BCUT2D eigenvalue weighted by Gasteiger charge is -2.22. The summed E-state index contributed by atoms with van der Waals surface area (Å²) in [6, 6.07) is 4.75. The molecule has 1 atom stereocenters. The molecule has 146 valence electrons. The summed E-state index contributed by atoms with van der Waals surface area (Å²) in [4.78, 5) is 26.4. The minimum absolute atomic E-state index is 0.123. The largest absolute Gasteiger partial charge is 0.422 e. The number of hydrogen-bond donors (Lipinski definition) is 1. The molecule has 0 heterocycles. The van der Waals surface area contributed by atoms with E-state index in [4.69, 9.17) is 9.47 Å². The van der Waals surface area contributed by atoms with Crippen molar-refractivity contribution in [1.82, 2.24) is 4.90 Å². The first-order valence-corrected chi connectivity index (χ1v) is 8.63. The van der Waals surface area contributed by atoms with Gasteiger partial charge in [0.2, 0.25) is 0 Å². The van der Waals surface area contributed by atoms with E-state index in [1.54, 1.807) is 59.7 Å². The van der Waals surface area contributed by atoms with Gasteiger partial charge < -0.3 is 19.5 Å². The second-order valence-corrected chi connectivity index (χ2v) is 8.76. The lowest BCUT2D eigenvalue weighted by molar-refractivity contribution is -0.145. The summed E-state index contributed by atoms with van der Waals surface area (Å²) in [5, 5.41) is 10.3. The van der Waals surface area contributed by atoms with Crippen LogP contribution in [-0.4, -0.2) is 42.6 Å². The molecule has 0 fully saturated rings. The van der Waals surface area contributed by atoms with Crippen LogP contribution in [0, 0.1) is 10.8 Å². The topological polar surface area (TPSA) is 76.1 Å². The molecule has 26 heavy (non-hydrogen) atoms. The van der Waals surface area contributed by atoms with Crippen molar-refractivity contribution in [1.29, 1.82) is 0 Å². The number of rotatable bonds is 5. The highest BCUT2D eigenvalue weighted by Gasteiger charge is 2.28. The molecule has 1 aromatic carbocycles. The molecule has 0 saturated heterocycles. The minimum Gasteiger partial charge on any atom is -0.422 e. The third-order valence-corrected chi connectivity index (χ3v) is 3.52. The predicted octanol–water partition coefficient (Wildman–Crippen LogP) is 3.18. The molecule has 0 aliphatic heterocycles. The van der Waals surface area contributed by atoms with E-state index in [2.05, 4.69) is 0 Å². The quantitative estimate of drug-likeness (QED) is 0.638. The number of aliphatic hydroxyl groups is 1. The summed E-state index contributed by atoms with van der Waals surface area (Å²) < 4.78 is 10.9. The average Bonchev–Trinajstić information content (AvgIpc) is 2.46. The molecule has 0 spiro atoms. The number of hydrogen-bond acceptors (Lipinski definition) is 6. The SMILES string of the molecule is CN(C)C[C@H](O)c1ccc(OC(=O)C(C)(C)C)c(OC(=O)C(C)(C)C)c1. The van der Waals surface area contributed by atoms with Crippen molar-refractivity contribution in [3.63, 3.8) is 0 Å². The van der Waals surface area contributed by atoms with E-state index in [0.717, 1.165) is 0 Å². The molecule has 6 heteroatoms. The standard InChI is InChI=1S/C20H31NO5/c1-19(2,3)17(23)25-15-10-9-13(14(22)12-21(7)8)11-16(15)26-18(24)20(4,5)6/h9-11,14,22H,12H2,1-8H3/t14-/m0/s1. The summed E-state index contributed by atoms with van der Waals surface area (Å²) >= 11 is 0. The number of aliphatic hydroxyl groups excluding tert-OH is 1. The van der Waals surface area contributed by atoms with Crippen LogP contribution in [0.5, 0.6) is 11.5 Å². The Bertz CT molecular complexity index is 653. The van der Waals surface area contributed by atoms with E-state index >= 15 is 0 Å². The Balaban J connectivity index is 3.23. The van der Waals surface area contributed by atoms with Crippen molar-refractivity contribution >= 4 is 11.9 Å². The van der Waals surface area contributed by atoms with Gasteiger partial charge in [-0.3, -0.25) is 9.59 Å². The summed E-state index contributed by atoms with van der Waals surface area (Å²) in [5.41, 5.74) is -0.844. The average molecular weight is 365 g/mol. The number of carbonyl (C=O) groups excluding carboxylic acids is 2. The van der Waals surface area contributed by atoms with Crippen LogP contribution in [-0.2, 0) is 9.59 Å². The zero-order valence-corrected chi connectivity index (χ0v) is 17.0. The van der Waals surface area contributed by atoms with Crippen LogP contribution >= 0.6 is 0 Å². The molecule has 1 N–H and O–H groups in total. The van der Waals surface area contributed by atoms with Gasteiger partial charge in [-0.05, 0) is 73.3 Å². The van der Waals surface area contributed by atoms with Crippen LogP contribution in [0.25, 0.3) is 0 Å². The summed E-state index contributed by atoms with van der Waals surface area (Å²) in [5.74, 6) is -0.613. The lowest BCUT2D eigenvalue weighted by Crippen LogP contribution is -2.28. The Labute approximate surface area is 156 Å². The number of carbonyl (C=O) groups is 2. The molecule has 0 aliphatic rings. The molecule has 0 amide bonds. The van der Waals surface area contributed by atoms with E-state index < -0.39 is 28.9 Å². The van der Waals surface area contributed by atoms with Gasteiger partial charge in [-0.15, -0.1) is 0 Å². The molecule has 0 saturated carbocycles. The van der Waals surface area contributed by atoms with Crippen molar-refractivity contribution in [2.75, 3.05) is 20.6 Å². The zero-order chi connectivity index (χ0) is 20.3. The highest BCUT2D eigenvalue weighted by atomic mass is 16.6. The summed E-state index contributed by atoms with van der Waals surface area (Å²) in [7, 11) is 3.70. The molecular weight excluding hydrogens is 334 g/mol. The van der Waals surface area contributed by atoms with Crippen molar-refractivity contribution in [3.8, 4) is 11.5 Å². The van der Waals surface area contributed by atoms with Crippen LogP contribution in [0.1, 0.15) is 53.2 Å². The Hall–Kier alpha value is -1.92. The van der Waals surface area contributed by atoms with E-state index in [-0.39, 0.29) is 11.5 Å². The van der Waals surface area contributed by atoms with E-state index in [0.29, 0.717) is 12.1 Å². The molecular formula is C20H31NO5. The maximum absolute atomic E-state index is 12.3. The third kappa shape index (κ3) is 6.42.